The molecule has 100 valence electrons. The fraction of sp³-hybridized carbons (Fsp3) is 0.333. The van der Waals surface area contributed by atoms with E-state index in [9.17, 15) is 4.79 Å². The average Bonchev–Trinajstić information content (AvgIpc) is 2.66. The maximum Gasteiger partial charge on any atom is 0.339 e. The van der Waals surface area contributed by atoms with Gasteiger partial charge in [0.2, 0.25) is 5.95 Å². The van der Waals surface area contributed by atoms with Crippen LogP contribution in [-0.4, -0.2) is 26.2 Å². The molecular weight excluding hydrogens is 248 g/mol. The lowest BCUT2D eigenvalue weighted by Crippen LogP contribution is -2.09. The van der Waals surface area contributed by atoms with E-state index >= 15 is 0 Å². The van der Waals surface area contributed by atoms with Crippen molar-refractivity contribution in [1.82, 2.24) is 15.1 Å². The van der Waals surface area contributed by atoms with Gasteiger partial charge in [-0.1, -0.05) is 5.16 Å². The van der Waals surface area contributed by atoms with Gasteiger partial charge in [-0.2, -0.15) is 0 Å². The Labute approximate surface area is 109 Å². The quantitative estimate of drug-likeness (QED) is 0.864. The lowest BCUT2D eigenvalue weighted by atomic mass is 10.2. The summed E-state index contributed by atoms with van der Waals surface area (Å²) in [5.41, 5.74) is 2.28. The molecule has 2 heterocycles. The second kappa shape index (κ2) is 5.05. The molecule has 0 saturated heterocycles. The molecule has 0 aliphatic carbocycles. The highest BCUT2D eigenvalue weighted by molar-refractivity contribution is 5.88. The zero-order valence-corrected chi connectivity index (χ0v) is 10.9. The van der Waals surface area contributed by atoms with Crippen molar-refractivity contribution in [2.75, 3.05) is 5.32 Å². The number of carboxylic acid groups (broad SMARTS) is 1. The van der Waals surface area contributed by atoms with Gasteiger partial charge in [0.05, 0.1) is 17.0 Å². The number of hydrogen-bond donors (Lipinski definition) is 2. The highest BCUT2D eigenvalue weighted by Crippen LogP contribution is 2.14. The van der Waals surface area contributed by atoms with Crippen LogP contribution in [0.3, 0.4) is 0 Å². The van der Waals surface area contributed by atoms with Crippen LogP contribution in [0.25, 0.3) is 0 Å². The summed E-state index contributed by atoms with van der Waals surface area (Å²) in [7, 11) is 0. The number of carbonyl (C=O) groups is 1. The number of nitrogens with one attached hydrogen (secondary N) is 1. The number of rotatable bonds is 4. The van der Waals surface area contributed by atoms with Crippen molar-refractivity contribution in [2.45, 2.75) is 27.3 Å². The zero-order valence-electron chi connectivity index (χ0n) is 10.9. The number of hydrogen-bond acceptors (Lipinski definition) is 6. The fourth-order valence-corrected chi connectivity index (χ4v) is 1.68. The van der Waals surface area contributed by atoms with Crippen LogP contribution < -0.4 is 5.32 Å². The molecule has 0 unspecified atom stereocenters. The molecule has 7 heteroatoms. The number of aromatic nitrogens is 3. The van der Waals surface area contributed by atoms with Crippen LogP contribution in [0.15, 0.2) is 10.7 Å². The van der Waals surface area contributed by atoms with Gasteiger partial charge < -0.3 is 14.9 Å². The average molecular weight is 262 g/mol. The van der Waals surface area contributed by atoms with Crippen molar-refractivity contribution in [3.63, 3.8) is 0 Å². The normalized spacial score (nSPS) is 10.5. The van der Waals surface area contributed by atoms with E-state index in [1.54, 1.807) is 6.92 Å². The number of anilines is 1. The Morgan fingerprint density at radius 3 is 2.63 bits per heavy atom. The first kappa shape index (κ1) is 13.0. The first-order chi connectivity index (χ1) is 8.99. The maximum absolute atomic E-state index is 10.8. The molecule has 2 rings (SSSR count). The Bertz CT molecular complexity index is 602. The van der Waals surface area contributed by atoms with Crippen LogP contribution in [0.4, 0.5) is 5.95 Å². The topological polar surface area (TPSA) is 101 Å². The van der Waals surface area contributed by atoms with Crippen molar-refractivity contribution in [3.05, 3.63) is 34.5 Å². The zero-order chi connectivity index (χ0) is 14.0. The molecule has 2 aromatic heterocycles. The SMILES string of the molecule is Cc1nc(NCc2c(C)noc2C)ncc1C(=O)O. The smallest absolute Gasteiger partial charge is 0.339 e. The van der Waals surface area contributed by atoms with E-state index in [0.29, 0.717) is 18.2 Å². The fourth-order valence-electron chi connectivity index (χ4n) is 1.68. The molecule has 2 aromatic rings. The number of nitrogens with zero attached hydrogens (tertiary/aromatic N) is 3. The molecule has 0 aliphatic heterocycles. The van der Waals surface area contributed by atoms with E-state index in [-0.39, 0.29) is 5.56 Å². The molecule has 0 atom stereocenters. The predicted molar refractivity (Wildman–Crippen MR) is 67.0 cm³/mol. The molecule has 0 fully saturated rings. The highest BCUT2D eigenvalue weighted by Gasteiger charge is 2.12. The monoisotopic (exact) mass is 262 g/mol. The van der Waals surface area contributed by atoms with E-state index in [2.05, 4.69) is 20.4 Å². The minimum absolute atomic E-state index is 0.0999. The Morgan fingerprint density at radius 2 is 2.11 bits per heavy atom. The van der Waals surface area contributed by atoms with Crippen molar-refractivity contribution < 1.29 is 14.4 Å². The number of carboxylic acids is 1. The summed E-state index contributed by atoms with van der Waals surface area (Å²) < 4.78 is 5.05. The summed E-state index contributed by atoms with van der Waals surface area (Å²) in [4.78, 5) is 18.9. The molecule has 0 bridgehead atoms. The summed E-state index contributed by atoms with van der Waals surface area (Å²) in [6.07, 6.45) is 1.29. The third-order valence-corrected chi connectivity index (χ3v) is 2.81. The molecule has 0 aromatic carbocycles. The molecule has 19 heavy (non-hydrogen) atoms. The molecule has 0 radical (unpaired) electrons. The third kappa shape index (κ3) is 2.70. The molecule has 0 amide bonds. The Balaban J connectivity index is 2.13. The highest BCUT2D eigenvalue weighted by atomic mass is 16.5. The first-order valence-corrected chi connectivity index (χ1v) is 5.71. The molecule has 2 N–H and O–H groups in total. The van der Waals surface area contributed by atoms with Crippen LogP contribution in [0.1, 0.15) is 33.1 Å². The molecular formula is C12H14N4O3. The van der Waals surface area contributed by atoms with Gasteiger partial charge in [0.25, 0.3) is 0 Å². The van der Waals surface area contributed by atoms with Crippen LogP contribution >= 0.6 is 0 Å². The Kier molecular flexibility index (Phi) is 3.46. The standard InChI is InChI=1S/C12H14N4O3/c1-6-10(11(17)18)5-14-12(15-6)13-4-9-7(2)16-19-8(9)3/h5H,4H2,1-3H3,(H,17,18)(H,13,14,15). The third-order valence-electron chi connectivity index (χ3n) is 2.81. The van der Waals surface area contributed by atoms with Crippen molar-refractivity contribution >= 4 is 11.9 Å². The number of aromatic carboxylic acids is 1. The largest absolute Gasteiger partial charge is 0.478 e. The second-order valence-corrected chi connectivity index (χ2v) is 4.15. The minimum Gasteiger partial charge on any atom is -0.478 e. The van der Waals surface area contributed by atoms with Gasteiger partial charge in [0, 0.05) is 18.3 Å². The van der Waals surface area contributed by atoms with Gasteiger partial charge in [-0.05, 0) is 20.8 Å². The maximum atomic E-state index is 10.8. The van der Waals surface area contributed by atoms with Crippen molar-refractivity contribution in [1.29, 1.82) is 0 Å². The second-order valence-electron chi connectivity index (χ2n) is 4.15. The van der Waals surface area contributed by atoms with Crippen molar-refractivity contribution in [3.8, 4) is 0 Å². The molecule has 7 nitrogen and oxygen atoms in total. The van der Waals surface area contributed by atoms with Crippen molar-refractivity contribution in [2.24, 2.45) is 0 Å². The lowest BCUT2D eigenvalue weighted by Gasteiger charge is -2.06. The van der Waals surface area contributed by atoms with Crippen LogP contribution in [0.2, 0.25) is 0 Å². The van der Waals surface area contributed by atoms with Gasteiger partial charge in [0.1, 0.15) is 5.76 Å². The van der Waals surface area contributed by atoms with Gasteiger partial charge in [-0.25, -0.2) is 14.8 Å². The summed E-state index contributed by atoms with van der Waals surface area (Å²) in [5.74, 6) is 0.0844. The summed E-state index contributed by atoms with van der Waals surface area (Å²) in [6, 6.07) is 0. The lowest BCUT2D eigenvalue weighted by molar-refractivity contribution is 0.0695. The summed E-state index contributed by atoms with van der Waals surface area (Å²) in [5, 5.41) is 15.8. The van der Waals surface area contributed by atoms with E-state index in [0.717, 1.165) is 17.0 Å². The van der Waals surface area contributed by atoms with Crippen LogP contribution in [-0.2, 0) is 6.54 Å². The van der Waals surface area contributed by atoms with E-state index in [1.165, 1.54) is 6.20 Å². The van der Waals surface area contributed by atoms with Crippen LogP contribution in [0.5, 0.6) is 0 Å². The van der Waals surface area contributed by atoms with Gasteiger partial charge in [0.15, 0.2) is 0 Å². The summed E-state index contributed by atoms with van der Waals surface area (Å²) >= 11 is 0. The summed E-state index contributed by atoms with van der Waals surface area (Å²) in [6.45, 7) is 5.79. The Hall–Kier alpha value is -2.44. The van der Waals surface area contributed by atoms with E-state index < -0.39 is 5.97 Å². The Morgan fingerprint density at radius 1 is 1.37 bits per heavy atom. The number of aryl methyl sites for hydroxylation is 3. The van der Waals surface area contributed by atoms with Gasteiger partial charge >= 0.3 is 5.97 Å². The van der Waals surface area contributed by atoms with Crippen LogP contribution in [0, 0.1) is 20.8 Å². The molecule has 0 saturated carbocycles. The van der Waals surface area contributed by atoms with Gasteiger partial charge in [-0.3, -0.25) is 0 Å². The van der Waals surface area contributed by atoms with Gasteiger partial charge in [-0.15, -0.1) is 0 Å². The van der Waals surface area contributed by atoms with E-state index in [4.69, 9.17) is 9.63 Å². The molecule has 0 aliphatic rings. The first-order valence-electron chi connectivity index (χ1n) is 5.71. The predicted octanol–water partition coefficient (Wildman–Crippen LogP) is 1.70. The minimum atomic E-state index is -1.03. The van der Waals surface area contributed by atoms with E-state index in [1.807, 2.05) is 13.8 Å². The molecule has 0 spiro atoms.